The first-order valence-electron chi connectivity index (χ1n) is 6.64. The van der Waals surface area contributed by atoms with Gasteiger partial charge in [-0.3, -0.25) is 9.59 Å². The topological polar surface area (TPSA) is 101 Å². The summed E-state index contributed by atoms with van der Waals surface area (Å²) in [6.07, 6.45) is 3.09. The molecule has 112 valence electrons. The summed E-state index contributed by atoms with van der Waals surface area (Å²) < 4.78 is 0. The molecule has 1 aromatic rings. The van der Waals surface area contributed by atoms with Crippen LogP contribution in [-0.2, 0) is 11.2 Å². The third-order valence-corrected chi connectivity index (χ3v) is 3.42. The zero-order valence-electron chi connectivity index (χ0n) is 11.5. The summed E-state index contributed by atoms with van der Waals surface area (Å²) in [6.45, 7) is 2.26. The molecule has 1 saturated carbocycles. The van der Waals surface area contributed by atoms with E-state index in [9.17, 15) is 9.59 Å². The fourth-order valence-electron chi connectivity index (χ4n) is 2.46. The van der Waals surface area contributed by atoms with Crippen molar-refractivity contribution in [3.05, 3.63) is 27.9 Å². The molecular weight excluding hydrogens is 280 g/mol. The van der Waals surface area contributed by atoms with Crippen LogP contribution < -0.4 is 16.6 Å². The zero-order chi connectivity index (χ0) is 13.8. The Morgan fingerprint density at radius 3 is 2.90 bits per heavy atom. The summed E-state index contributed by atoms with van der Waals surface area (Å²) in [4.78, 5) is 30.0. The molecule has 0 radical (unpaired) electrons. The van der Waals surface area contributed by atoms with Gasteiger partial charge in [0.15, 0.2) is 0 Å². The number of carbonyl (C=O) groups excluding carboxylic acids is 1. The minimum absolute atomic E-state index is 0. The molecule has 2 rings (SSSR count). The second-order valence-corrected chi connectivity index (χ2v) is 5.14. The zero-order valence-corrected chi connectivity index (χ0v) is 12.3. The van der Waals surface area contributed by atoms with Gasteiger partial charge in [-0.1, -0.05) is 0 Å². The summed E-state index contributed by atoms with van der Waals surface area (Å²) in [5.41, 5.74) is 6.32. The lowest BCUT2D eigenvalue weighted by atomic mass is 10.1. The number of hydrogen-bond acceptors (Lipinski definition) is 4. The number of aryl methyl sites for hydroxylation is 1. The van der Waals surface area contributed by atoms with Crippen LogP contribution in [0.1, 0.15) is 30.8 Å². The highest BCUT2D eigenvalue weighted by Gasteiger charge is 2.27. The van der Waals surface area contributed by atoms with Crippen LogP contribution >= 0.6 is 12.4 Å². The predicted octanol–water partition coefficient (Wildman–Crippen LogP) is 0.286. The Balaban J connectivity index is 0.00000200. The monoisotopic (exact) mass is 300 g/mol. The number of aromatic amines is 1. The van der Waals surface area contributed by atoms with Gasteiger partial charge in [-0.25, -0.2) is 4.98 Å². The van der Waals surface area contributed by atoms with Crippen LogP contribution in [-0.4, -0.2) is 28.5 Å². The van der Waals surface area contributed by atoms with Crippen molar-refractivity contribution in [3.8, 4) is 0 Å². The van der Waals surface area contributed by atoms with E-state index in [-0.39, 0.29) is 35.8 Å². The lowest BCUT2D eigenvalue weighted by Gasteiger charge is -2.10. The van der Waals surface area contributed by atoms with Crippen LogP contribution in [0.2, 0.25) is 0 Å². The number of rotatable bonds is 4. The number of amides is 1. The second-order valence-electron chi connectivity index (χ2n) is 5.14. The van der Waals surface area contributed by atoms with Gasteiger partial charge in [0.25, 0.3) is 5.56 Å². The third-order valence-electron chi connectivity index (χ3n) is 3.42. The minimum Gasteiger partial charge on any atom is -0.355 e. The molecule has 1 aromatic heterocycles. The van der Waals surface area contributed by atoms with Crippen molar-refractivity contribution in [3.63, 3.8) is 0 Å². The Kier molecular flexibility index (Phi) is 6.16. The number of nitrogens with two attached hydrogens (primary N) is 1. The number of aromatic nitrogens is 2. The predicted molar refractivity (Wildman–Crippen MR) is 78.9 cm³/mol. The molecule has 0 saturated heterocycles. The standard InChI is InChI=1S/C13H20N4O2.ClH/c1-8-6-12(18)17-11(16-8)4-5-15-13(19)9-2-3-10(14)7-9;/h6,9-10H,2-5,7,14H2,1H3,(H,15,19)(H,16,17,18);1H/t9-,10+;/m0./s1. The number of hydrogen-bond donors (Lipinski definition) is 3. The smallest absolute Gasteiger partial charge is 0.251 e. The number of halogens is 1. The Morgan fingerprint density at radius 2 is 2.30 bits per heavy atom. The van der Waals surface area contributed by atoms with Crippen LogP contribution in [0.15, 0.2) is 10.9 Å². The van der Waals surface area contributed by atoms with Crippen LogP contribution in [0.5, 0.6) is 0 Å². The molecule has 1 heterocycles. The first-order chi connectivity index (χ1) is 9.04. The maximum absolute atomic E-state index is 11.9. The van der Waals surface area contributed by atoms with Gasteiger partial charge in [0, 0.05) is 36.7 Å². The SMILES string of the molecule is Cc1cc(=O)[nH]c(CCNC(=O)[C@H]2CC[C@@H](N)C2)n1.Cl. The van der Waals surface area contributed by atoms with Gasteiger partial charge < -0.3 is 16.0 Å². The van der Waals surface area contributed by atoms with E-state index in [1.807, 2.05) is 0 Å². The molecule has 7 heteroatoms. The number of H-pyrrole nitrogens is 1. The van der Waals surface area contributed by atoms with Crippen molar-refractivity contribution in [1.82, 2.24) is 15.3 Å². The lowest BCUT2D eigenvalue weighted by molar-refractivity contribution is -0.124. The molecule has 0 unspecified atom stereocenters. The molecule has 1 aliphatic carbocycles. The van der Waals surface area contributed by atoms with Gasteiger partial charge in [-0.05, 0) is 26.2 Å². The number of nitrogens with zero attached hydrogens (tertiary/aromatic N) is 1. The van der Waals surface area contributed by atoms with Gasteiger partial charge in [-0.15, -0.1) is 12.4 Å². The van der Waals surface area contributed by atoms with E-state index in [0.29, 0.717) is 24.5 Å². The van der Waals surface area contributed by atoms with Gasteiger partial charge in [-0.2, -0.15) is 0 Å². The summed E-state index contributed by atoms with van der Waals surface area (Å²) in [5, 5.41) is 2.88. The molecule has 0 aliphatic heterocycles. The molecule has 1 fully saturated rings. The maximum atomic E-state index is 11.9. The minimum atomic E-state index is -0.157. The van der Waals surface area contributed by atoms with E-state index < -0.39 is 0 Å². The van der Waals surface area contributed by atoms with Crippen molar-refractivity contribution in [1.29, 1.82) is 0 Å². The molecule has 1 amide bonds. The average molecular weight is 301 g/mol. The van der Waals surface area contributed by atoms with Crippen molar-refractivity contribution in [2.24, 2.45) is 11.7 Å². The summed E-state index contributed by atoms with van der Waals surface area (Å²) in [7, 11) is 0. The largest absolute Gasteiger partial charge is 0.355 e. The van der Waals surface area contributed by atoms with E-state index in [4.69, 9.17) is 5.73 Å². The second kappa shape index (κ2) is 7.40. The molecule has 0 aromatic carbocycles. The maximum Gasteiger partial charge on any atom is 0.251 e. The van der Waals surface area contributed by atoms with Gasteiger partial charge in [0.1, 0.15) is 5.82 Å². The molecular formula is C13H21ClN4O2. The summed E-state index contributed by atoms with van der Waals surface area (Å²) in [6, 6.07) is 1.60. The van der Waals surface area contributed by atoms with E-state index in [2.05, 4.69) is 15.3 Å². The molecule has 0 bridgehead atoms. The van der Waals surface area contributed by atoms with Crippen LogP contribution in [0.3, 0.4) is 0 Å². The molecule has 20 heavy (non-hydrogen) atoms. The Morgan fingerprint density at radius 1 is 1.55 bits per heavy atom. The van der Waals surface area contributed by atoms with E-state index >= 15 is 0 Å². The Hall–Kier alpha value is -1.40. The number of nitrogens with one attached hydrogen (secondary N) is 2. The first kappa shape index (κ1) is 16.7. The summed E-state index contributed by atoms with van der Waals surface area (Å²) in [5.74, 6) is 0.705. The highest BCUT2D eigenvalue weighted by atomic mass is 35.5. The van der Waals surface area contributed by atoms with E-state index in [1.165, 1.54) is 6.07 Å². The van der Waals surface area contributed by atoms with Crippen LogP contribution in [0.4, 0.5) is 0 Å². The van der Waals surface area contributed by atoms with Crippen LogP contribution in [0.25, 0.3) is 0 Å². The molecule has 4 N–H and O–H groups in total. The quantitative estimate of drug-likeness (QED) is 0.744. The van der Waals surface area contributed by atoms with E-state index in [0.717, 1.165) is 19.3 Å². The first-order valence-corrected chi connectivity index (χ1v) is 6.64. The van der Waals surface area contributed by atoms with Crippen molar-refractivity contribution in [2.45, 2.75) is 38.6 Å². The Labute approximate surface area is 124 Å². The van der Waals surface area contributed by atoms with Gasteiger partial charge >= 0.3 is 0 Å². The Bertz CT molecular complexity index is 517. The normalized spacial score (nSPS) is 21.3. The van der Waals surface area contributed by atoms with Gasteiger partial charge in [0.2, 0.25) is 5.91 Å². The van der Waals surface area contributed by atoms with Crippen molar-refractivity contribution < 1.29 is 4.79 Å². The third kappa shape index (κ3) is 4.61. The molecule has 2 atom stereocenters. The summed E-state index contributed by atoms with van der Waals surface area (Å²) >= 11 is 0. The lowest BCUT2D eigenvalue weighted by Crippen LogP contribution is -2.32. The number of carbonyl (C=O) groups is 1. The van der Waals surface area contributed by atoms with Crippen molar-refractivity contribution >= 4 is 18.3 Å². The average Bonchev–Trinajstić information content (AvgIpc) is 2.74. The fraction of sp³-hybridized carbons (Fsp3) is 0.615. The van der Waals surface area contributed by atoms with Gasteiger partial charge in [0.05, 0.1) is 0 Å². The van der Waals surface area contributed by atoms with E-state index in [1.54, 1.807) is 6.92 Å². The molecule has 1 aliphatic rings. The highest BCUT2D eigenvalue weighted by Crippen LogP contribution is 2.23. The highest BCUT2D eigenvalue weighted by molar-refractivity contribution is 5.85. The van der Waals surface area contributed by atoms with Crippen molar-refractivity contribution in [2.75, 3.05) is 6.54 Å². The molecule has 6 nitrogen and oxygen atoms in total. The fourth-order valence-corrected chi connectivity index (χ4v) is 2.46. The molecule has 0 spiro atoms. The van der Waals surface area contributed by atoms with Crippen LogP contribution in [0, 0.1) is 12.8 Å².